The molecular weight excluding hydrogens is 284 g/mol. The molecule has 3 N–H and O–H groups in total. The van der Waals surface area contributed by atoms with E-state index in [-0.39, 0.29) is 0 Å². The molecule has 0 aliphatic carbocycles. The van der Waals surface area contributed by atoms with Crippen molar-refractivity contribution in [2.75, 3.05) is 5.73 Å². The number of hydrogen-bond donors (Lipinski definition) is 2. The first-order valence-electron chi connectivity index (χ1n) is 5.03. The van der Waals surface area contributed by atoms with Gasteiger partial charge in [0.15, 0.2) is 0 Å². The zero-order valence-corrected chi connectivity index (χ0v) is 11.1. The highest BCUT2D eigenvalue weighted by molar-refractivity contribution is 9.10. The fourth-order valence-corrected chi connectivity index (χ4v) is 2.51. The van der Waals surface area contributed by atoms with Crippen molar-refractivity contribution in [1.29, 1.82) is 0 Å². The predicted octanol–water partition coefficient (Wildman–Crippen LogP) is 3.38. The largest absolute Gasteiger partial charge is 0.398 e. The summed E-state index contributed by atoms with van der Waals surface area (Å²) in [7, 11) is 0. The van der Waals surface area contributed by atoms with Crippen LogP contribution in [-0.2, 0) is 13.1 Å². The van der Waals surface area contributed by atoms with Gasteiger partial charge < -0.3 is 11.1 Å². The lowest BCUT2D eigenvalue weighted by Crippen LogP contribution is -2.13. The van der Waals surface area contributed by atoms with Crippen molar-refractivity contribution >= 4 is 33.0 Å². The third-order valence-corrected chi connectivity index (χ3v) is 3.67. The fourth-order valence-electron chi connectivity index (χ4n) is 1.46. The third kappa shape index (κ3) is 3.07. The predicted molar refractivity (Wildman–Crippen MR) is 73.4 cm³/mol. The summed E-state index contributed by atoms with van der Waals surface area (Å²) in [5.74, 6) is 0. The van der Waals surface area contributed by atoms with E-state index in [9.17, 15) is 0 Å². The molecule has 0 atom stereocenters. The Morgan fingerprint density at radius 2 is 2.12 bits per heavy atom. The van der Waals surface area contributed by atoms with Crippen molar-refractivity contribution in [3.8, 4) is 0 Å². The van der Waals surface area contributed by atoms with Gasteiger partial charge in [0.1, 0.15) is 0 Å². The zero-order chi connectivity index (χ0) is 11.4. The van der Waals surface area contributed by atoms with Gasteiger partial charge in [0, 0.05) is 28.1 Å². The van der Waals surface area contributed by atoms with Crippen LogP contribution in [0.15, 0.2) is 40.2 Å². The highest BCUT2D eigenvalue weighted by Crippen LogP contribution is 2.18. The lowest BCUT2D eigenvalue weighted by molar-refractivity contribution is 0.702. The molecule has 4 heteroatoms. The Morgan fingerprint density at radius 1 is 1.25 bits per heavy atom. The van der Waals surface area contributed by atoms with E-state index in [0.717, 1.165) is 28.8 Å². The summed E-state index contributed by atoms with van der Waals surface area (Å²) in [6.45, 7) is 1.70. The number of anilines is 1. The number of halogens is 1. The van der Waals surface area contributed by atoms with Gasteiger partial charge in [-0.15, -0.1) is 11.3 Å². The molecule has 1 aromatic carbocycles. The van der Waals surface area contributed by atoms with E-state index in [1.807, 2.05) is 18.2 Å². The number of hydrogen-bond acceptors (Lipinski definition) is 3. The quantitative estimate of drug-likeness (QED) is 0.849. The first kappa shape index (κ1) is 11.6. The summed E-state index contributed by atoms with van der Waals surface area (Å²) in [6, 6.07) is 10.2. The van der Waals surface area contributed by atoms with E-state index in [0.29, 0.717) is 0 Å². The number of benzene rings is 1. The maximum absolute atomic E-state index is 5.91. The van der Waals surface area contributed by atoms with E-state index in [1.54, 1.807) is 11.3 Å². The summed E-state index contributed by atoms with van der Waals surface area (Å²) >= 11 is 5.16. The SMILES string of the molecule is Nc1cc(Br)ccc1CNCc1cccs1. The van der Waals surface area contributed by atoms with Gasteiger partial charge in [-0.1, -0.05) is 28.1 Å². The highest BCUT2D eigenvalue weighted by Gasteiger charge is 1.99. The molecule has 0 amide bonds. The van der Waals surface area contributed by atoms with Gasteiger partial charge in [0.05, 0.1) is 0 Å². The molecule has 0 aliphatic rings. The van der Waals surface area contributed by atoms with Crippen LogP contribution in [0.5, 0.6) is 0 Å². The molecule has 2 aromatic rings. The summed E-state index contributed by atoms with van der Waals surface area (Å²) in [5, 5.41) is 5.47. The Balaban J connectivity index is 1.90. The van der Waals surface area contributed by atoms with Crippen LogP contribution in [0.2, 0.25) is 0 Å². The summed E-state index contributed by atoms with van der Waals surface area (Å²) in [5.41, 5.74) is 7.88. The zero-order valence-electron chi connectivity index (χ0n) is 8.74. The molecule has 0 saturated carbocycles. The van der Waals surface area contributed by atoms with E-state index in [1.165, 1.54) is 4.88 Å². The smallest absolute Gasteiger partial charge is 0.0370 e. The maximum Gasteiger partial charge on any atom is 0.0370 e. The van der Waals surface area contributed by atoms with Gasteiger partial charge in [-0.05, 0) is 29.1 Å². The van der Waals surface area contributed by atoms with E-state index < -0.39 is 0 Å². The highest BCUT2D eigenvalue weighted by atomic mass is 79.9. The number of thiophene rings is 1. The van der Waals surface area contributed by atoms with E-state index in [4.69, 9.17) is 5.73 Å². The van der Waals surface area contributed by atoms with Crippen molar-refractivity contribution in [3.05, 3.63) is 50.6 Å². The second-order valence-electron chi connectivity index (χ2n) is 3.53. The van der Waals surface area contributed by atoms with Crippen LogP contribution in [0.25, 0.3) is 0 Å². The van der Waals surface area contributed by atoms with Crippen LogP contribution in [0.3, 0.4) is 0 Å². The molecular formula is C12H13BrN2S. The number of nitrogens with two attached hydrogens (primary N) is 1. The molecule has 2 nitrogen and oxygen atoms in total. The van der Waals surface area contributed by atoms with Crippen molar-refractivity contribution < 1.29 is 0 Å². The third-order valence-electron chi connectivity index (χ3n) is 2.30. The minimum atomic E-state index is 0.803. The van der Waals surface area contributed by atoms with Crippen LogP contribution in [0.1, 0.15) is 10.4 Å². The second kappa shape index (κ2) is 5.48. The van der Waals surface area contributed by atoms with Gasteiger partial charge in [-0.2, -0.15) is 0 Å². The van der Waals surface area contributed by atoms with Gasteiger partial charge in [0.25, 0.3) is 0 Å². The maximum atomic E-state index is 5.91. The lowest BCUT2D eigenvalue weighted by atomic mass is 10.2. The fraction of sp³-hybridized carbons (Fsp3) is 0.167. The van der Waals surface area contributed by atoms with Crippen molar-refractivity contribution in [2.24, 2.45) is 0 Å². The topological polar surface area (TPSA) is 38.0 Å². The molecule has 0 radical (unpaired) electrons. The van der Waals surface area contributed by atoms with Crippen molar-refractivity contribution in [1.82, 2.24) is 5.32 Å². The summed E-state index contributed by atoms with van der Waals surface area (Å²) in [6.07, 6.45) is 0. The van der Waals surface area contributed by atoms with Crippen LogP contribution >= 0.6 is 27.3 Å². The molecule has 0 aliphatic heterocycles. The molecule has 0 bridgehead atoms. The Hall–Kier alpha value is -0.840. The Labute approximate surface area is 108 Å². The summed E-state index contributed by atoms with van der Waals surface area (Å²) < 4.78 is 1.02. The molecule has 84 valence electrons. The van der Waals surface area contributed by atoms with Crippen LogP contribution in [-0.4, -0.2) is 0 Å². The van der Waals surface area contributed by atoms with Crippen molar-refractivity contribution in [2.45, 2.75) is 13.1 Å². The van der Waals surface area contributed by atoms with E-state index >= 15 is 0 Å². The Bertz CT molecular complexity index is 454. The molecule has 1 aromatic heterocycles. The molecule has 16 heavy (non-hydrogen) atoms. The van der Waals surface area contributed by atoms with Crippen molar-refractivity contribution in [3.63, 3.8) is 0 Å². The summed E-state index contributed by atoms with van der Waals surface area (Å²) in [4.78, 5) is 1.34. The van der Waals surface area contributed by atoms with Gasteiger partial charge in [0.2, 0.25) is 0 Å². The first-order valence-corrected chi connectivity index (χ1v) is 6.70. The molecule has 0 fully saturated rings. The second-order valence-corrected chi connectivity index (χ2v) is 5.47. The Kier molecular flexibility index (Phi) is 3.98. The lowest BCUT2D eigenvalue weighted by Gasteiger charge is -2.07. The Morgan fingerprint density at radius 3 is 2.81 bits per heavy atom. The standard InChI is InChI=1S/C12H13BrN2S/c13-10-4-3-9(12(14)6-10)7-15-8-11-2-1-5-16-11/h1-6,15H,7-8,14H2. The monoisotopic (exact) mass is 296 g/mol. The van der Waals surface area contributed by atoms with Gasteiger partial charge in [-0.3, -0.25) is 0 Å². The average Bonchev–Trinajstić information content (AvgIpc) is 2.74. The number of nitrogen functional groups attached to an aromatic ring is 1. The van der Waals surface area contributed by atoms with Crippen LogP contribution in [0.4, 0.5) is 5.69 Å². The average molecular weight is 297 g/mol. The van der Waals surface area contributed by atoms with Crippen LogP contribution < -0.4 is 11.1 Å². The molecule has 0 saturated heterocycles. The minimum Gasteiger partial charge on any atom is -0.398 e. The molecule has 0 spiro atoms. The number of rotatable bonds is 4. The normalized spacial score (nSPS) is 10.6. The molecule has 0 unspecified atom stereocenters. The van der Waals surface area contributed by atoms with Gasteiger partial charge in [-0.25, -0.2) is 0 Å². The van der Waals surface area contributed by atoms with E-state index in [2.05, 4.69) is 38.8 Å². The number of nitrogens with one attached hydrogen (secondary N) is 1. The first-order chi connectivity index (χ1) is 7.75. The molecule has 1 heterocycles. The van der Waals surface area contributed by atoms with Gasteiger partial charge >= 0.3 is 0 Å². The molecule has 2 rings (SSSR count). The van der Waals surface area contributed by atoms with Crippen LogP contribution in [0, 0.1) is 0 Å². The minimum absolute atomic E-state index is 0.803.